The number of aliphatic hydroxyl groups is 1. The number of benzene rings is 3. The van der Waals surface area contributed by atoms with Gasteiger partial charge in [-0.25, -0.2) is 4.39 Å². The van der Waals surface area contributed by atoms with Crippen molar-refractivity contribution in [2.75, 3.05) is 4.90 Å². The fourth-order valence-electron chi connectivity index (χ4n) is 3.79. The van der Waals surface area contributed by atoms with E-state index in [1.54, 1.807) is 12.1 Å². The molecule has 0 spiro atoms. The number of ketones is 1. The van der Waals surface area contributed by atoms with Crippen LogP contribution in [-0.4, -0.2) is 16.8 Å². The van der Waals surface area contributed by atoms with Crippen molar-refractivity contribution in [3.8, 4) is 0 Å². The number of aliphatic hydroxyl groups excluding tert-OH is 1. The fourth-order valence-corrected chi connectivity index (χ4v) is 4.31. The minimum absolute atomic E-state index is 0.0954. The van der Waals surface area contributed by atoms with Crippen molar-refractivity contribution in [2.24, 2.45) is 0 Å². The number of nitrogens with zero attached hydrogens (tertiary/aromatic N) is 1. The summed E-state index contributed by atoms with van der Waals surface area (Å²) in [6.45, 7) is 2.01. The van der Waals surface area contributed by atoms with Gasteiger partial charge in [0.05, 0.1) is 11.6 Å². The van der Waals surface area contributed by atoms with Crippen LogP contribution in [0.25, 0.3) is 5.76 Å². The van der Waals surface area contributed by atoms with Crippen molar-refractivity contribution in [2.45, 2.75) is 19.4 Å². The van der Waals surface area contributed by atoms with Crippen molar-refractivity contribution in [1.29, 1.82) is 0 Å². The Hall–Kier alpha value is -3.15. The fraction of sp³-hybridized carbons (Fsp3) is 0.120. The third-order valence-electron chi connectivity index (χ3n) is 5.39. The van der Waals surface area contributed by atoms with Crippen LogP contribution < -0.4 is 4.90 Å². The Morgan fingerprint density at radius 2 is 1.56 bits per heavy atom. The van der Waals surface area contributed by atoms with Crippen LogP contribution in [0.5, 0.6) is 0 Å². The van der Waals surface area contributed by atoms with Crippen LogP contribution in [-0.2, 0) is 16.0 Å². The number of carbonyl (C=O) groups excluding carboxylic acids is 2. The van der Waals surface area contributed by atoms with Gasteiger partial charge < -0.3 is 5.11 Å². The number of amides is 1. The van der Waals surface area contributed by atoms with Crippen molar-refractivity contribution in [3.63, 3.8) is 0 Å². The second kappa shape index (κ2) is 8.77. The number of anilines is 1. The first-order valence-corrected chi connectivity index (χ1v) is 10.7. The van der Waals surface area contributed by atoms with Crippen LogP contribution >= 0.6 is 23.2 Å². The first-order valence-electron chi connectivity index (χ1n) is 9.92. The standard InChI is InChI=1S/C25H18Cl2FNO3/c1-2-14-3-5-16(6-4-14)23(30)21-22(15-7-9-19(28)10-8-15)29(25(32)24(21)31)20-12-17(26)11-18(27)13-20/h3-13,22,30H,2H2,1H3/b23-21+. The maximum absolute atomic E-state index is 13.6. The van der Waals surface area contributed by atoms with E-state index < -0.39 is 23.5 Å². The molecule has 1 atom stereocenters. The quantitative estimate of drug-likeness (QED) is 0.276. The molecule has 0 aliphatic carbocycles. The summed E-state index contributed by atoms with van der Waals surface area (Å²) in [5.41, 5.74) is 2.11. The molecule has 0 saturated carbocycles. The van der Waals surface area contributed by atoms with E-state index in [9.17, 15) is 19.1 Å². The average Bonchev–Trinajstić information content (AvgIpc) is 3.04. The van der Waals surface area contributed by atoms with Crippen molar-refractivity contribution in [3.05, 3.63) is 105 Å². The Kier molecular flexibility index (Phi) is 6.04. The summed E-state index contributed by atoms with van der Waals surface area (Å²) in [4.78, 5) is 27.4. The summed E-state index contributed by atoms with van der Waals surface area (Å²) in [5.74, 6) is -2.47. The lowest BCUT2D eigenvalue weighted by molar-refractivity contribution is -0.132. The van der Waals surface area contributed by atoms with Gasteiger partial charge in [-0.2, -0.15) is 0 Å². The minimum atomic E-state index is -0.990. The average molecular weight is 470 g/mol. The van der Waals surface area contributed by atoms with E-state index in [0.717, 1.165) is 12.0 Å². The number of aryl methyl sites for hydroxylation is 1. The third-order valence-corrected chi connectivity index (χ3v) is 5.83. The van der Waals surface area contributed by atoms with Gasteiger partial charge in [0, 0.05) is 21.3 Å². The number of carbonyl (C=O) groups is 2. The SMILES string of the molecule is CCc1ccc(/C(O)=C2\C(=O)C(=O)N(c3cc(Cl)cc(Cl)c3)C2c2ccc(F)cc2)cc1. The molecule has 0 radical (unpaired) electrons. The molecule has 1 saturated heterocycles. The van der Waals surface area contributed by atoms with Crippen LogP contribution in [0.15, 0.2) is 72.3 Å². The molecule has 1 amide bonds. The van der Waals surface area contributed by atoms with Crippen LogP contribution in [0, 0.1) is 5.82 Å². The van der Waals surface area contributed by atoms with Crippen LogP contribution in [0.1, 0.15) is 29.7 Å². The normalized spacial score (nSPS) is 17.8. The van der Waals surface area contributed by atoms with Gasteiger partial charge in [-0.15, -0.1) is 0 Å². The Morgan fingerprint density at radius 3 is 2.12 bits per heavy atom. The van der Waals surface area contributed by atoms with E-state index in [2.05, 4.69) is 0 Å². The topological polar surface area (TPSA) is 57.6 Å². The smallest absolute Gasteiger partial charge is 0.300 e. The molecular formula is C25H18Cl2FNO3. The molecule has 1 fully saturated rings. The number of Topliss-reactive ketones (excluding diaryl/α,β-unsaturated/α-hetero) is 1. The zero-order valence-electron chi connectivity index (χ0n) is 17.0. The molecule has 1 N–H and O–H groups in total. The summed E-state index contributed by atoms with van der Waals surface area (Å²) in [5, 5.41) is 11.6. The van der Waals surface area contributed by atoms with Crippen LogP contribution in [0.2, 0.25) is 10.0 Å². The Labute approximate surface area is 194 Å². The second-order valence-corrected chi connectivity index (χ2v) is 8.27. The van der Waals surface area contributed by atoms with E-state index in [1.807, 2.05) is 19.1 Å². The summed E-state index contributed by atoms with van der Waals surface area (Å²) in [7, 11) is 0. The molecule has 1 heterocycles. The molecule has 3 aromatic rings. The molecule has 1 aliphatic rings. The van der Waals surface area contributed by atoms with E-state index in [-0.39, 0.29) is 21.4 Å². The molecule has 7 heteroatoms. The highest BCUT2D eigenvalue weighted by Gasteiger charge is 2.47. The molecule has 0 bridgehead atoms. The highest BCUT2D eigenvalue weighted by Crippen LogP contribution is 2.43. The highest BCUT2D eigenvalue weighted by molar-refractivity contribution is 6.52. The second-order valence-electron chi connectivity index (χ2n) is 7.40. The van der Waals surface area contributed by atoms with Crippen LogP contribution in [0.4, 0.5) is 10.1 Å². The molecule has 4 rings (SSSR count). The largest absolute Gasteiger partial charge is 0.507 e. The molecule has 1 unspecified atom stereocenters. The molecule has 162 valence electrons. The van der Waals surface area contributed by atoms with Crippen molar-refractivity contribution in [1.82, 2.24) is 0 Å². The lowest BCUT2D eigenvalue weighted by atomic mass is 9.94. The summed E-state index contributed by atoms with van der Waals surface area (Å²) >= 11 is 12.3. The molecular weight excluding hydrogens is 452 g/mol. The molecule has 1 aliphatic heterocycles. The van der Waals surface area contributed by atoms with Crippen molar-refractivity contribution < 1.29 is 19.1 Å². The van der Waals surface area contributed by atoms with Gasteiger partial charge in [-0.1, -0.05) is 66.5 Å². The van der Waals surface area contributed by atoms with Gasteiger partial charge in [-0.3, -0.25) is 14.5 Å². The highest BCUT2D eigenvalue weighted by atomic mass is 35.5. The van der Waals surface area contributed by atoms with E-state index in [1.165, 1.54) is 47.4 Å². The Bertz CT molecular complexity index is 1220. The lowest BCUT2D eigenvalue weighted by Crippen LogP contribution is -2.29. The predicted molar refractivity (Wildman–Crippen MR) is 123 cm³/mol. The molecule has 0 aromatic heterocycles. The summed E-state index contributed by atoms with van der Waals surface area (Å²) < 4.78 is 13.6. The number of hydrogen-bond donors (Lipinski definition) is 1. The van der Waals surface area contributed by atoms with E-state index in [4.69, 9.17) is 23.2 Å². The number of halogens is 3. The van der Waals surface area contributed by atoms with Crippen LogP contribution in [0.3, 0.4) is 0 Å². The van der Waals surface area contributed by atoms with Gasteiger partial charge in [-0.05, 0) is 47.9 Å². The van der Waals surface area contributed by atoms with Gasteiger partial charge in [0.25, 0.3) is 11.7 Å². The zero-order valence-corrected chi connectivity index (χ0v) is 18.5. The van der Waals surface area contributed by atoms with Crippen molar-refractivity contribution >= 4 is 46.3 Å². The van der Waals surface area contributed by atoms with Gasteiger partial charge in [0.15, 0.2) is 0 Å². The lowest BCUT2D eigenvalue weighted by Gasteiger charge is -2.25. The molecule has 4 nitrogen and oxygen atoms in total. The van der Waals surface area contributed by atoms with E-state index >= 15 is 0 Å². The monoisotopic (exact) mass is 469 g/mol. The Morgan fingerprint density at radius 1 is 0.969 bits per heavy atom. The maximum atomic E-state index is 13.6. The first-order chi connectivity index (χ1) is 15.3. The number of rotatable bonds is 4. The maximum Gasteiger partial charge on any atom is 0.300 e. The molecule has 3 aromatic carbocycles. The predicted octanol–water partition coefficient (Wildman–Crippen LogP) is 6.32. The van der Waals surface area contributed by atoms with Gasteiger partial charge in [0.1, 0.15) is 11.6 Å². The van der Waals surface area contributed by atoms with Gasteiger partial charge >= 0.3 is 0 Å². The van der Waals surface area contributed by atoms with Gasteiger partial charge in [0.2, 0.25) is 0 Å². The summed E-state index contributed by atoms with van der Waals surface area (Å²) in [6, 6.07) is 16.0. The molecule has 32 heavy (non-hydrogen) atoms. The number of hydrogen-bond acceptors (Lipinski definition) is 3. The Balaban J connectivity index is 1.94. The zero-order chi connectivity index (χ0) is 23.0. The summed E-state index contributed by atoms with van der Waals surface area (Å²) in [6.07, 6.45) is 0.816. The minimum Gasteiger partial charge on any atom is -0.507 e. The first kappa shape index (κ1) is 22.1. The van der Waals surface area contributed by atoms with E-state index in [0.29, 0.717) is 16.8 Å². The third kappa shape index (κ3) is 4.01.